The Labute approximate surface area is 450 Å². The molecule has 0 heterocycles. The zero-order valence-corrected chi connectivity index (χ0v) is 48.7. The minimum absolute atomic E-state index is 0.0576. The number of ether oxygens (including phenoxy) is 4. The molecule has 0 spiro atoms. The largest absolute Gasteiger partial charge is 0.462 e. The van der Waals surface area contributed by atoms with Gasteiger partial charge in [0.1, 0.15) is 25.4 Å². The monoisotopic (exact) mass is 1030 g/mol. The molecular formula is C66H106O8. The van der Waals surface area contributed by atoms with E-state index in [0.717, 1.165) is 110 Å². The molecule has 0 saturated heterocycles. The van der Waals surface area contributed by atoms with Crippen molar-refractivity contribution >= 4 is 23.5 Å². The summed E-state index contributed by atoms with van der Waals surface area (Å²) in [5.41, 5.74) is 4.37. The van der Waals surface area contributed by atoms with Crippen LogP contribution >= 0.6 is 0 Å². The number of Topliss-reactive ketones (excluding diaryl/α,β-unsaturated/α-hetero) is 2. The Morgan fingerprint density at radius 2 is 0.905 bits per heavy atom. The predicted molar refractivity (Wildman–Crippen MR) is 296 cm³/mol. The molecule has 6 fully saturated rings. The molecule has 74 heavy (non-hydrogen) atoms. The lowest BCUT2D eigenvalue weighted by atomic mass is 9.47. The SMILES string of the molecule is CC(C)CCCC(C)C1CCC2C3CC=C4CC(OC(=O)CCC(=O)COCCOCC(=O)CCC(=O)OC5CCC6(C)C(=CCC7C6CCC6(C)C(C(C)CCCC(C)C)CCC76)C5)CCC4(C)C3CCC12C. The van der Waals surface area contributed by atoms with Gasteiger partial charge in [-0.2, -0.15) is 0 Å². The summed E-state index contributed by atoms with van der Waals surface area (Å²) in [5.74, 6) is 8.71. The van der Waals surface area contributed by atoms with Gasteiger partial charge in [0.25, 0.3) is 0 Å². The highest BCUT2D eigenvalue weighted by atomic mass is 16.5. The maximum absolute atomic E-state index is 13.0. The lowest BCUT2D eigenvalue weighted by Gasteiger charge is -2.58. The summed E-state index contributed by atoms with van der Waals surface area (Å²) >= 11 is 0. The molecule has 0 aromatic rings. The van der Waals surface area contributed by atoms with Gasteiger partial charge in [0.05, 0.1) is 26.1 Å². The highest BCUT2D eigenvalue weighted by Crippen LogP contribution is 2.69. The van der Waals surface area contributed by atoms with Gasteiger partial charge in [0.2, 0.25) is 0 Å². The van der Waals surface area contributed by atoms with Gasteiger partial charge in [0, 0.05) is 25.7 Å². The predicted octanol–water partition coefficient (Wildman–Crippen LogP) is 15.6. The van der Waals surface area contributed by atoms with Crippen molar-refractivity contribution in [3.63, 3.8) is 0 Å². The molecule has 8 heteroatoms. The molecule has 0 N–H and O–H groups in total. The second-order valence-corrected chi connectivity index (χ2v) is 28.5. The van der Waals surface area contributed by atoms with Crippen LogP contribution in [-0.2, 0) is 38.1 Å². The third-order valence-corrected chi connectivity index (χ3v) is 23.2. The molecular weight excluding hydrogens is 921 g/mol. The second-order valence-electron chi connectivity index (χ2n) is 28.5. The fraction of sp³-hybridized carbons (Fsp3) is 0.879. The van der Waals surface area contributed by atoms with Gasteiger partial charge < -0.3 is 18.9 Å². The van der Waals surface area contributed by atoms with Gasteiger partial charge in [0.15, 0.2) is 11.6 Å². The van der Waals surface area contributed by atoms with Crippen LogP contribution in [0, 0.1) is 92.7 Å². The normalized spacial score (nSPS) is 38.1. The highest BCUT2D eigenvalue weighted by Gasteiger charge is 2.61. The maximum Gasteiger partial charge on any atom is 0.306 e. The number of hydrogen-bond donors (Lipinski definition) is 0. The van der Waals surface area contributed by atoms with Crippen molar-refractivity contribution in [3.05, 3.63) is 23.3 Å². The van der Waals surface area contributed by atoms with E-state index in [0.29, 0.717) is 10.8 Å². The van der Waals surface area contributed by atoms with Crippen molar-refractivity contribution in [2.45, 2.75) is 248 Å². The molecule has 0 bridgehead atoms. The molecule has 418 valence electrons. The molecule has 0 amide bonds. The van der Waals surface area contributed by atoms with Crippen molar-refractivity contribution in [1.29, 1.82) is 0 Å². The van der Waals surface area contributed by atoms with Gasteiger partial charge in [-0.25, -0.2) is 0 Å². The lowest BCUT2D eigenvalue weighted by molar-refractivity contribution is -0.153. The van der Waals surface area contributed by atoms with Crippen molar-refractivity contribution in [2.24, 2.45) is 92.7 Å². The van der Waals surface area contributed by atoms with Crippen molar-refractivity contribution in [1.82, 2.24) is 0 Å². The van der Waals surface area contributed by atoms with E-state index in [1.54, 1.807) is 0 Å². The molecule has 8 aliphatic rings. The minimum Gasteiger partial charge on any atom is -0.462 e. The van der Waals surface area contributed by atoms with Crippen molar-refractivity contribution in [2.75, 3.05) is 26.4 Å². The zero-order valence-electron chi connectivity index (χ0n) is 48.7. The van der Waals surface area contributed by atoms with Crippen LogP contribution in [-0.4, -0.2) is 62.1 Å². The van der Waals surface area contributed by atoms with Crippen LogP contribution in [0.4, 0.5) is 0 Å². The zero-order chi connectivity index (χ0) is 53.0. The molecule has 0 aromatic heterocycles. The Bertz CT molecular complexity index is 1860. The fourth-order valence-electron chi connectivity index (χ4n) is 19.1. The first-order valence-electron chi connectivity index (χ1n) is 31.2. The van der Waals surface area contributed by atoms with E-state index < -0.39 is 0 Å². The Morgan fingerprint density at radius 3 is 1.30 bits per heavy atom. The highest BCUT2D eigenvalue weighted by molar-refractivity contribution is 5.84. The van der Waals surface area contributed by atoms with Crippen LogP contribution in [0.2, 0.25) is 0 Å². The summed E-state index contributed by atoms with van der Waals surface area (Å²) in [7, 11) is 0. The van der Waals surface area contributed by atoms with Crippen molar-refractivity contribution < 1.29 is 38.1 Å². The maximum atomic E-state index is 13.0. The number of carbonyl (C=O) groups excluding carboxylic acids is 4. The Morgan fingerprint density at radius 1 is 0.500 bits per heavy atom. The molecule has 8 aliphatic carbocycles. The van der Waals surface area contributed by atoms with Crippen LogP contribution in [0.5, 0.6) is 0 Å². The van der Waals surface area contributed by atoms with E-state index in [4.69, 9.17) is 18.9 Å². The Hall–Kier alpha value is -2.32. The number of esters is 2. The summed E-state index contributed by atoms with van der Waals surface area (Å²) in [6.45, 7) is 25.0. The van der Waals surface area contributed by atoms with Crippen LogP contribution in [0.25, 0.3) is 0 Å². The standard InChI is InChI=1S/C66H106O8/c1-43(2)13-11-15-45(5)55-23-25-57-53-21-17-47-39-51(29-33-63(47,7)59(53)31-35-65(55,57)9)73-61(69)27-19-49(67)41-71-37-38-72-42-50(68)20-28-62(70)74-52-30-34-64(8)48(40-52)18-22-54-58-26-24-56(46(6)16-12-14-44(3)4)66(58,10)36-32-60(54)64/h17-18,43-46,51-60H,11-16,19-42H2,1-10H3. The van der Waals surface area contributed by atoms with E-state index in [9.17, 15) is 19.2 Å². The van der Waals surface area contributed by atoms with Crippen LogP contribution in [0.15, 0.2) is 23.3 Å². The molecule has 16 atom stereocenters. The van der Waals surface area contributed by atoms with E-state index in [-0.39, 0.29) is 98.7 Å². The smallest absolute Gasteiger partial charge is 0.306 e. The topological polar surface area (TPSA) is 105 Å². The first-order chi connectivity index (χ1) is 35.2. The number of carbonyl (C=O) groups is 4. The molecule has 6 saturated carbocycles. The van der Waals surface area contributed by atoms with E-state index in [2.05, 4.69) is 81.4 Å². The summed E-state index contributed by atoms with van der Waals surface area (Å²) < 4.78 is 23.1. The van der Waals surface area contributed by atoms with Gasteiger partial charge in [-0.05, 0) is 183 Å². The molecule has 0 aromatic carbocycles. The summed E-state index contributed by atoms with van der Waals surface area (Å²) in [6.07, 6.45) is 32.3. The van der Waals surface area contributed by atoms with Crippen LogP contribution < -0.4 is 0 Å². The number of rotatable bonds is 25. The third-order valence-electron chi connectivity index (χ3n) is 23.2. The second kappa shape index (κ2) is 24.8. The van der Waals surface area contributed by atoms with Gasteiger partial charge in [-0.1, -0.05) is 131 Å². The fourth-order valence-corrected chi connectivity index (χ4v) is 19.1. The van der Waals surface area contributed by atoms with Crippen molar-refractivity contribution in [3.8, 4) is 0 Å². The van der Waals surface area contributed by atoms with Gasteiger partial charge in [-0.15, -0.1) is 0 Å². The summed E-state index contributed by atoms with van der Waals surface area (Å²) in [6, 6.07) is 0. The quantitative estimate of drug-likeness (QED) is 0.0506. The molecule has 0 aliphatic heterocycles. The molecule has 8 nitrogen and oxygen atoms in total. The number of ketones is 2. The average molecular weight is 1030 g/mol. The first kappa shape index (κ1) is 57.8. The lowest BCUT2D eigenvalue weighted by Crippen LogP contribution is -2.51. The Balaban J connectivity index is 0.665. The van der Waals surface area contributed by atoms with E-state index in [1.165, 1.54) is 114 Å². The Kier molecular flexibility index (Phi) is 19.4. The van der Waals surface area contributed by atoms with E-state index in [1.807, 2.05) is 0 Å². The third kappa shape index (κ3) is 12.7. The number of fused-ring (bicyclic) bond motifs is 10. The first-order valence-corrected chi connectivity index (χ1v) is 31.2. The van der Waals surface area contributed by atoms with Crippen LogP contribution in [0.3, 0.4) is 0 Å². The average Bonchev–Trinajstić information content (AvgIpc) is 3.91. The molecule has 16 unspecified atom stereocenters. The van der Waals surface area contributed by atoms with Crippen LogP contribution in [0.1, 0.15) is 236 Å². The van der Waals surface area contributed by atoms with E-state index >= 15 is 0 Å². The summed E-state index contributed by atoms with van der Waals surface area (Å²) in [5, 5.41) is 0. The van der Waals surface area contributed by atoms with Gasteiger partial charge in [-0.3, -0.25) is 19.2 Å². The van der Waals surface area contributed by atoms with Gasteiger partial charge >= 0.3 is 11.9 Å². The number of allylic oxidation sites excluding steroid dienone is 2. The summed E-state index contributed by atoms with van der Waals surface area (Å²) in [4.78, 5) is 51.2. The number of hydrogen-bond acceptors (Lipinski definition) is 8. The molecule has 8 rings (SSSR count). The minimum atomic E-state index is -0.303. The molecule has 0 radical (unpaired) electrons.